The van der Waals surface area contributed by atoms with Crippen molar-refractivity contribution in [1.82, 2.24) is 9.97 Å². The van der Waals surface area contributed by atoms with Crippen LogP contribution < -0.4 is 11.3 Å². The second kappa shape index (κ2) is 4.31. The summed E-state index contributed by atoms with van der Waals surface area (Å²) < 4.78 is 5.82. The van der Waals surface area contributed by atoms with E-state index in [1.807, 2.05) is 36.4 Å². The van der Waals surface area contributed by atoms with Crippen LogP contribution >= 0.6 is 0 Å². The van der Waals surface area contributed by atoms with Crippen LogP contribution in [-0.2, 0) is 0 Å². The SMILES string of the molecule is NNc1cc(C2CC2)nc(-c2cc3ccccc3o2)n1. The Bertz CT molecular complexity index is 743. The Morgan fingerprint density at radius 3 is 2.75 bits per heavy atom. The molecule has 0 saturated heterocycles. The van der Waals surface area contributed by atoms with Crippen molar-refractivity contribution >= 4 is 16.8 Å². The first kappa shape index (κ1) is 11.4. The van der Waals surface area contributed by atoms with Gasteiger partial charge in [-0.25, -0.2) is 15.8 Å². The minimum Gasteiger partial charge on any atom is -0.453 e. The number of hydrogen-bond donors (Lipinski definition) is 2. The van der Waals surface area contributed by atoms with E-state index in [0.29, 0.717) is 23.3 Å². The number of nitrogen functional groups attached to an aromatic ring is 1. The van der Waals surface area contributed by atoms with Crippen LogP contribution in [0.15, 0.2) is 40.8 Å². The number of nitrogens with zero attached hydrogens (tertiary/aromatic N) is 2. The van der Waals surface area contributed by atoms with Gasteiger partial charge in [-0.15, -0.1) is 0 Å². The topological polar surface area (TPSA) is 77.0 Å². The molecule has 5 nitrogen and oxygen atoms in total. The maximum atomic E-state index is 5.82. The minimum atomic E-state index is 0.535. The molecule has 0 radical (unpaired) electrons. The molecule has 4 rings (SSSR count). The summed E-state index contributed by atoms with van der Waals surface area (Å²) in [5, 5.41) is 1.05. The average molecular weight is 266 g/mol. The molecule has 5 heteroatoms. The standard InChI is InChI=1S/C15H14N4O/c16-19-14-8-11(9-5-6-9)17-15(18-14)13-7-10-3-1-2-4-12(10)20-13/h1-4,7-9H,5-6,16H2,(H,17,18,19). The second-order valence-corrected chi connectivity index (χ2v) is 5.07. The predicted octanol–water partition coefficient (Wildman–Crippen LogP) is 3.05. The molecule has 1 saturated carbocycles. The van der Waals surface area contributed by atoms with Crippen LogP contribution in [0.2, 0.25) is 0 Å². The van der Waals surface area contributed by atoms with E-state index in [4.69, 9.17) is 10.3 Å². The summed E-state index contributed by atoms with van der Waals surface area (Å²) in [4.78, 5) is 9.00. The Hall–Kier alpha value is -2.40. The molecule has 2 heterocycles. The number of nitrogens with one attached hydrogen (secondary N) is 1. The molecule has 1 aliphatic rings. The van der Waals surface area contributed by atoms with Gasteiger partial charge in [0.2, 0.25) is 0 Å². The van der Waals surface area contributed by atoms with Gasteiger partial charge in [0.25, 0.3) is 0 Å². The molecule has 20 heavy (non-hydrogen) atoms. The lowest BCUT2D eigenvalue weighted by molar-refractivity contribution is 0.624. The van der Waals surface area contributed by atoms with Gasteiger partial charge in [0.05, 0.1) is 0 Å². The summed E-state index contributed by atoms with van der Waals surface area (Å²) in [7, 11) is 0. The van der Waals surface area contributed by atoms with Gasteiger partial charge in [0, 0.05) is 23.1 Å². The number of aromatic nitrogens is 2. The van der Waals surface area contributed by atoms with E-state index in [2.05, 4.69) is 15.4 Å². The van der Waals surface area contributed by atoms with E-state index in [-0.39, 0.29) is 0 Å². The Morgan fingerprint density at radius 2 is 2.00 bits per heavy atom. The lowest BCUT2D eigenvalue weighted by atomic mass is 10.2. The minimum absolute atomic E-state index is 0.535. The fourth-order valence-corrected chi connectivity index (χ4v) is 2.33. The van der Waals surface area contributed by atoms with Gasteiger partial charge in [0.1, 0.15) is 11.4 Å². The van der Waals surface area contributed by atoms with Crippen molar-refractivity contribution in [2.45, 2.75) is 18.8 Å². The van der Waals surface area contributed by atoms with Crippen LogP contribution in [0.5, 0.6) is 0 Å². The molecule has 3 aromatic rings. The summed E-state index contributed by atoms with van der Waals surface area (Å²) in [6.07, 6.45) is 2.36. The van der Waals surface area contributed by atoms with Crippen molar-refractivity contribution in [3.8, 4) is 11.6 Å². The Morgan fingerprint density at radius 1 is 1.15 bits per heavy atom. The quantitative estimate of drug-likeness (QED) is 0.562. The number of rotatable bonds is 3. The number of hydrogen-bond acceptors (Lipinski definition) is 5. The van der Waals surface area contributed by atoms with Gasteiger partial charge in [-0.05, 0) is 25.0 Å². The van der Waals surface area contributed by atoms with E-state index in [0.717, 1.165) is 16.7 Å². The first-order valence-electron chi connectivity index (χ1n) is 6.68. The number of para-hydroxylation sites is 1. The number of nitrogens with two attached hydrogens (primary N) is 1. The van der Waals surface area contributed by atoms with Gasteiger partial charge < -0.3 is 9.84 Å². The highest BCUT2D eigenvalue weighted by molar-refractivity contribution is 5.81. The first-order chi connectivity index (χ1) is 9.83. The predicted molar refractivity (Wildman–Crippen MR) is 77.0 cm³/mol. The van der Waals surface area contributed by atoms with Crippen molar-refractivity contribution in [3.63, 3.8) is 0 Å². The number of anilines is 1. The third kappa shape index (κ3) is 1.92. The summed E-state index contributed by atoms with van der Waals surface area (Å²) >= 11 is 0. The van der Waals surface area contributed by atoms with E-state index < -0.39 is 0 Å². The monoisotopic (exact) mass is 266 g/mol. The van der Waals surface area contributed by atoms with Crippen molar-refractivity contribution in [1.29, 1.82) is 0 Å². The van der Waals surface area contributed by atoms with Crippen LogP contribution in [0.4, 0.5) is 5.82 Å². The summed E-state index contributed by atoms with van der Waals surface area (Å²) in [6.45, 7) is 0. The van der Waals surface area contributed by atoms with Crippen molar-refractivity contribution in [2.24, 2.45) is 5.84 Å². The molecule has 0 unspecified atom stereocenters. The first-order valence-corrected chi connectivity index (χ1v) is 6.68. The van der Waals surface area contributed by atoms with Crippen molar-refractivity contribution in [3.05, 3.63) is 42.1 Å². The Kier molecular flexibility index (Phi) is 2.47. The number of hydrazine groups is 1. The van der Waals surface area contributed by atoms with Crippen molar-refractivity contribution in [2.75, 3.05) is 5.43 Å². The van der Waals surface area contributed by atoms with Crippen molar-refractivity contribution < 1.29 is 4.42 Å². The van der Waals surface area contributed by atoms with Gasteiger partial charge in [-0.3, -0.25) is 0 Å². The average Bonchev–Trinajstić information content (AvgIpc) is 3.25. The molecule has 1 aromatic carbocycles. The van der Waals surface area contributed by atoms with Crippen LogP contribution in [0.3, 0.4) is 0 Å². The Balaban J connectivity index is 1.85. The third-order valence-corrected chi connectivity index (χ3v) is 3.54. The number of furan rings is 1. The molecule has 3 N–H and O–H groups in total. The van der Waals surface area contributed by atoms with E-state index in [9.17, 15) is 0 Å². The smallest absolute Gasteiger partial charge is 0.197 e. The van der Waals surface area contributed by atoms with Crippen LogP contribution in [0, 0.1) is 0 Å². The summed E-state index contributed by atoms with van der Waals surface area (Å²) in [6, 6.07) is 11.7. The zero-order valence-corrected chi connectivity index (χ0v) is 10.8. The Labute approximate surface area is 115 Å². The lowest BCUT2D eigenvalue weighted by Gasteiger charge is -2.05. The fourth-order valence-electron chi connectivity index (χ4n) is 2.33. The van der Waals surface area contributed by atoms with Crippen LogP contribution in [-0.4, -0.2) is 9.97 Å². The maximum absolute atomic E-state index is 5.82. The molecule has 0 amide bonds. The molecule has 1 fully saturated rings. The maximum Gasteiger partial charge on any atom is 0.197 e. The molecule has 0 bridgehead atoms. The molecule has 1 aliphatic carbocycles. The largest absolute Gasteiger partial charge is 0.453 e. The van der Waals surface area contributed by atoms with Crippen LogP contribution in [0.1, 0.15) is 24.5 Å². The molecule has 0 spiro atoms. The molecule has 100 valence electrons. The highest BCUT2D eigenvalue weighted by atomic mass is 16.3. The van der Waals surface area contributed by atoms with Gasteiger partial charge >= 0.3 is 0 Å². The summed E-state index contributed by atoms with van der Waals surface area (Å²) in [5.41, 5.74) is 4.47. The molecule has 0 atom stereocenters. The molecule has 0 aliphatic heterocycles. The highest BCUT2D eigenvalue weighted by Crippen LogP contribution is 2.40. The van der Waals surface area contributed by atoms with Gasteiger partial charge in [0.15, 0.2) is 11.6 Å². The molecular weight excluding hydrogens is 252 g/mol. The van der Waals surface area contributed by atoms with Gasteiger partial charge in [-0.1, -0.05) is 18.2 Å². The van der Waals surface area contributed by atoms with Gasteiger partial charge in [-0.2, -0.15) is 0 Å². The lowest BCUT2D eigenvalue weighted by Crippen LogP contribution is -2.10. The number of fused-ring (bicyclic) bond motifs is 1. The molecular formula is C15H14N4O. The summed E-state index contributed by atoms with van der Waals surface area (Å²) in [5.74, 6) is 7.90. The highest BCUT2D eigenvalue weighted by Gasteiger charge is 2.26. The van der Waals surface area contributed by atoms with E-state index >= 15 is 0 Å². The third-order valence-electron chi connectivity index (χ3n) is 3.54. The van der Waals surface area contributed by atoms with E-state index in [1.165, 1.54) is 12.8 Å². The van der Waals surface area contributed by atoms with E-state index in [1.54, 1.807) is 0 Å². The zero-order valence-electron chi connectivity index (χ0n) is 10.8. The zero-order chi connectivity index (χ0) is 13.5. The normalized spacial score (nSPS) is 14.7. The number of benzene rings is 1. The molecule has 2 aromatic heterocycles. The second-order valence-electron chi connectivity index (χ2n) is 5.07. The van der Waals surface area contributed by atoms with Crippen LogP contribution in [0.25, 0.3) is 22.6 Å². The fraction of sp³-hybridized carbons (Fsp3) is 0.200.